The van der Waals surface area contributed by atoms with Crippen molar-refractivity contribution in [3.63, 3.8) is 0 Å². The number of hydrogen-bond acceptors (Lipinski definition) is 3. The van der Waals surface area contributed by atoms with Crippen molar-refractivity contribution >= 4 is 0 Å². The van der Waals surface area contributed by atoms with Gasteiger partial charge in [-0.15, -0.1) is 0 Å². The van der Waals surface area contributed by atoms with Crippen molar-refractivity contribution in [3.05, 3.63) is 29.8 Å². The summed E-state index contributed by atoms with van der Waals surface area (Å²) in [6, 6.07) is 6.54. The van der Waals surface area contributed by atoms with Gasteiger partial charge in [0.15, 0.2) is 0 Å². The summed E-state index contributed by atoms with van der Waals surface area (Å²) < 4.78 is 29.3. The molecule has 0 saturated heterocycles. The summed E-state index contributed by atoms with van der Waals surface area (Å²) in [5.74, 6) is 5.72. The van der Waals surface area contributed by atoms with E-state index in [-0.39, 0.29) is 17.2 Å². The first-order chi connectivity index (χ1) is 8.83. The number of halogens is 2. The standard InChI is InChI=1S/C14H22F2N2O/c1-14(2,3)9-8-11(18-17)10-6-4-5-7-12(10)19-13(15)16/h4-7,11,13,18H,8-9,17H2,1-3H3. The van der Waals surface area contributed by atoms with Gasteiger partial charge in [0.2, 0.25) is 0 Å². The highest BCUT2D eigenvalue weighted by molar-refractivity contribution is 5.35. The van der Waals surface area contributed by atoms with Gasteiger partial charge in [0.05, 0.1) is 0 Å². The van der Waals surface area contributed by atoms with Crippen LogP contribution in [0.5, 0.6) is 5.75 Å². The Morgan fingerprint density at radius 3 is 2.42 bits per heavy atom. The average Bonchev–Trinajstić information content (AvgIpc) is 2.29. The van der Waals surface area contributed by atoms with Gasteiger partial charge in [0.25, 0.3) is 0 Å². The van der Waals surface area contributed by atoms with Gasteiger partial charge >= 0.3 is 6.61 Å². The highest BCUT2D eigenvalue weighted by Gasteiger charge is 2.19. The Kier molecular flexibility index (Phi) is 5.69. The smallest absolute Gasteiger partial charge is 0.387 e. The molecule has 1 atom stereocenters. The van der Waals surface area contributed by atoms with E-state index in [1.807, 2.05) is 0 Å². The minimum atomic E-state index is -2.83. The van der Waals surface area contributed by atoms with Crippen LogP contribution in [0.25, 0.3) is 0 Å². The van der Waals surface area contributed by atoms with E-state index < -0.39 is 6.61 Å². The van der Waals surface area contributed by atoms with Gasteiger partial charge in [-0.1, -0.05) is 39.0 Å². The molecule has 0 aromatic heterocycles. The number of nitrogens with two attached hydrogens (primary N) is 1. The predicted octanol–water partition coefficient (Wildman–Crippen LogP) is 3.62. The molecule has 1 unspecified atom stereocenters. The number of para-hydroxylation sites is 1. The molecule has 0 spiro atoms. The average molecular weight is 272 g/mol. The Morgan fingerprint density at radius 1 is 1.26 bits per heavy atom. The molecule has 3 nitrogen and oxygen atoms in total. The van der Waals surface area contributed by atoms with Crippen molar-refractivity contribution in [2.75, 3.05) is 0 Å². The van der Waals surface area contributed by atoms with E-state index in [9.17, 15) is 8.78 Å². The third kappa shape index (κ3) is 5.53. The van der Waals surface area contributed by atoms with Gasteiger partial charge in [-0.3, -0.25) is 11.3 Å². The zero-order valence-electron chi connectivity index (χ0n) is 11.6. The molecule has 1 rings (SSSR count). The summed E-state index contributed by atoms with van der Waals surface area (Å²) in [6.45, 7) is 3.55. The lowest BCUT2D eigenvalue weighted by Crippen LogP contribution is -2.29. The molecule has 0 aliphatic heterocycles. The first-order valence-corrected chi connectivity index (χ1v) is 6.33. The molecule has 0 amide bonds. The highest BCUT2D eigenvalue weighted by atomic mass is 19.3. The summed E-state index contributed by atoms with van der Waals surface area (Å²) in [7, 11) is 0. The molecule has 0 aliphatic carbocycles. The molecule has 0 bridgehead atoms. The molecule has 0 aliphatic rings. The molecule has 108 valence electrons. The maximum atomic E-state index is 12.4. The largest absolute Gasteiger partial charge is 0.434 e. The Hall–Kier alpha value is -1.20. The molecule has 0 heterocycles. The third-order valence-electron chi connectivity index (χ3n) is 2.89. The molecule has 0 saturated carbocycles. The number of hydrogen-bond donors (Lipinski definition) is 2. The van der Waals surface area contributed by atoms with E-state index in [0.29, 0.717) is 5.56 Å². The molecule has 1 aromatic rings. The van der Waals surface area contributed by atoms with E-state index in [4.69, 9.17) is 5.84 Å². The van der Waals surface area contributed by atoms with Crippen LogP contribution in [0.15, 0.2) is 24.3 Å². The first kappa shape index (κ1) is 15.9. The number of ether oxygens (including phenoxy) is 1. The molecule has 0 fully saturated rings. The minimum Gasteiger partial charge on any atom is -0.434 e. The SMILES string of the molecule is CC(C)(C)CCC(NN)c1ccccc1OC(F)F. The zero-order valence-corrected chi connectivity index (χ0v) is 11.6. The van der Waals surface area contributed by atoms with Crippen LogP contribution in [0, 0.1) is 5.41 Å². The van der Waals surface area contributed by atoms with Crippen LogP contribution >= 0.6 is 0 Å². The quantitative estimate of drug-likeness (QED) is 0.614. The van der Waals surface area contributed by atoms with Gasteiger partial charge in [0, 0.05) is 11.6 Å². The lowest BCUT2D eigenvalue weighted by molar-refractivity contribution is -0.0507. The summed E-state index contributed by atoms with van der Waals surface area (Å²) >= 11 is 0. The van der Waals surface area contributed by atoms with E-state index in [2.05, 4.69) is 30.9 Å². The second-order valence-corrected chi connectivity index (χ2v) is 5.73. The van der Waals surface area contributed by atoms with Gasteiger partial charge in [-0.2, -0.15) is 8.78 Å². The molecule has 1 aromatic carbocycles. The van der Waals surface area contributed by atoms with Gasteiger partial charge in [-0.25, -0.2) is 0 Å². The Balaban J connectivity index is 2.85. The normalized spacial score (nSPS) is 13.6. The Bertz CT molecular complexity index is 391. The van der Waals surface area contributed by atoms with Crippen molar-refractivity contribution in [2.24, 2.45) is 11.3 Å². The fourth-order valence-electron chi connectivity index (χ4n) is 1.88. The van der Waals surface area contributed by atoms with Gasteiger partial charge in [-0.05, 0) is 24.3 Å². The predicted molar refractivity (Wildman–Crippen MR) is 71.8 cm³/mol. The molecular weight excluding hydrogens is 250 g/mol. The molecule has 3 N–H and O–H groups in total. The van der Waals surface area contributed by atoms with Crippen molar-refractivity contribution in [1.82, 2.24) is 5.43 Å². The number of hydrazine groups is 1. The van der Waals surface area contributed by atoms with Crippen LogP contribution in [0.3, 0.4) is 0 Å². The highest BCUT2D eigenvalue weighted by Crippen LogP contribution is 2.32. The third-order valence-corrected chi connectivity index (χ3v) is 2.89. The molecule has 5 heteroatoms. The van der Waals surface area contributed by atoms with E-state index in [1.165, 1.54) is 6.07 Å². The second-order valence-electron chi connectivity index (χ2n) is 5.73. The Morgan fingerprint density at radius 2 is 1.89 bits per heavy atom. The summed E-state index contributed by atoms with van der Waals surface area (Å²) in [6.07, 6.45) is 1.68. The van der Waals surface area contributed by atoms with Crippen molar-refractivity contribution in [2.45, 2.75) is 46.3 Å². The lowest BCUT2D eigenvalue weighted by Gasteiger charge is -2.24. The second kappa shape index (κ2) is 6.82. The zero-order chi connectivity index (χ0) is 14.5. The first-order valence-electron chi connectivity index (χ1n) is 6.33. The van der Waals surface area contributed by atoms with E-state index >= 15 is 0 Å². The minimum absolute atomic E-state index is 0.160. The van der Waals surface area contributed by atoms with Crippen LogP contribution in [-0.4, -0.2) is 6.61 Å². The van der Waals surface area contributed by atoms with E-state index in [1.54, 1.807) is 18.2 Å². The lowest BCUT2D eigenvalue weighted by atomic mass is 9.87. The van der Waals surface area contributed by atoms with Gasteiger partial charge in [0.1, 0.15) is 5.75 Å². The van der Waals surface area contributed by atoms with Gasteiger partial charge < -0.3 is 4.74 Å². The molecular formula is C14H22F2N2O. The molecule has 19 heavy (non-hydrogen) atoms. The summed E-state index contributed by atoms with van der Waals surface area (Å²) in [5, 5.41) is 0. The summed E-state index contributed by atoms with van der Waals surface area (Å²) in [5.41, 5.74) is 3.50. The van der Waals surface area contributed by atoms with Crippen LogP contribution in [0.2, 0.25) is 0 Å². The van der Waals surface area contributed by atoms with Crippen LogP contribution in [0.1, 0.15) is 45.2 Å². The number of benzene rings is 1. The van der Waals surface area contributed by atoms with Crippen LogP contribution < -0.4 is 16.0 Å². The maximum Gasteiger partial charge on any atom is 0.387 e. The van der Waals surface area contributed by atoms with Crippen molar-refractivity contribution in [1.29, 1.82) is 0 Å². The Labute approximate surface area is 113 Å². The van der Waals surface area contributed by atoms with E-state index in [0.717, 1.165) is 12.8 Å². The van der Waals surface area contributed by atoms with Crippen molar-refractivity contribution < 1.29 is 13.5 Å². The van der Waals surface area contributed by atoms with Crippen LogP contribution in [0.4, 0.5) is 8.78 Å². The topological polar surface area (TPSA) is 47.3 Å². The summed E-state index contributed by atoms with van der Waals surface area (Å²) in [4.78, 5) is 0. The number of rotatable bonds is 6. The maximum absolute atomic E-state index is 12.4. The number of alkyl halides is 2. The van der Waals surface area contributed by atoms with Crippen LogP contribution in [-0.2, 0) is 0 Å². The fourth-order valence-corrected chi connectivity index (χ4v) is 1.88. The fraction of sp³-hybridized carbons (Fsp3) is 0.571. The monoisotopic (exact) mass is 272 g/mol. The van der Waals surface area contributed by atoms with Crippen molar-refractivity contribution in [3.8, 4) is 5.75 Å². The number of nitrogens with one attached hydrogen (secondary N) is 1. The molecule has 0 radical (unpaired) electrons.